The molecule has 0 atom stereocenters. The number of hydrogen-bond acceptors (Lipinski definition) is 7. The van der Waals surface area contributed by atoms with Gasteiger partial charge in [-0.3, -0.25) is 15.2 Å². The number of benzene rings is 1. The third kappa shape index (κ3) is 5.56. The molecule has 0 spiro atoms. The molecule has 2 heterocycles. The zero-order valence-electron chi connectivity index (χ0n) is 17.5. The van der Waals surface area contributed by atoms with Gasteiger partial charge in [0.1, 0.15) is 0 Å². The van der Waals surface area contributed by atoms with Crippen molar-refractivity contribution in [2.45, 2.75) is 32.7 Å². The number of aromatic amines is 1. The Morgan fingerprint density at radius 2 is 1.93 bits per heavy atom. The molecule has 0 aliphatic carbocycles. The number of aromatic nitrogens is 4. The smallest absolute Gasteiger partial charge is 0.311 e. The number of nitro groups is 1. The number of nitro benzene ring substituents is 1. The van der Waals surface area contributed by atoms with E-state index in [1.165, 1.54) is 6.07 Å². The molecular weight excluding hydrogens is 402 g/mol. The molecule has 0 aliphatic rings. The maximum Gasteiger partial charge on any atom is 0.311 e. The summed E-state index contributed by atoms with van der Waals surface area (Å²) in [4.78, 5) is 20.0. The van der Waals surface area contributed by atoms with E-state index in [9.17, 15) is 10.1 Å². The van der Waals surface area contributed by atoms with E-state index in [0.29, 0.717) is 29.7 Å². The lowest BCUT2D eigenvalue weighted by atomic mass is 10.1. The van der Waals surface area contributed by atoms with Crippen molar-refractivity contribution in [2.24, 2.45) is 11.8 Å². The lowest BCUT2D eigenvalue weighted by Crippen LogP contribution is -2.06. The predicted molar refractivity (Wildman–Crippen MR) is 118 cm³/mol. The number of thioether (sulfide) groups is 1. The minimum atomic E-state index is -0.447. The van der Waals surface area contributed by atoms with Gasteiger partial charge in [-0.25, -0.2) is 9.97 Å². The van der Waals surface area contributed by atoms with Crippen molar-refractivity contribution in [3.8, 4) is 28.5 Å². The van der Waals surface area contributed by atoms with E-state index >= 15 is 0 Å². The molecular formula is C21H25N5O3S. The molecule has 8 nitrogen and oxygen atoms in total. The van der Waals surface area contributed by atoms with E-state index in [4.69, 9.17) is 4.74 Å². The summed E-state index contributed by atoms with van der Waals surface area (Å²) in [6.07, 6.45) is 1.74. The minimum absolute atomic E-state index is 0.0950. The van der Waals surface area contributed by atoms with Crippen LogP contribution in [0.1, 0.15) is 27.7 Å². The molecule has 0 bridgehead atoms. The van der Waals surface area contributed by atoms with Crippen molar-refractivity contribution in [3.05, 3.63) is 46.6 Å². The Bertz CT molecular complexity index is 1020. The Balaban J connectivity index is 1.84. The molecule has 0 saturated heterocycles. The normalized spacial score (nSPS) is 11.3. The second-order valence-electron chi connectivity index (χ2n) is 7.74. The van der Waals surface area contributed by atoms with Gasteiger partial charge in [0.2, 0.25) is 0 Å². The molecule has 0 radical (unpaired) electrons. The highest BCUT2D eigenvalue weighted by Gasteiger charge is 2.19. The van der Waals surface area contributed by atoms with Gasteiger partial charge < -0.3 is 4.74 Å². The fourth-order valence-electron chi connectivity index (χ4n) is 2.59. The first kappa shape index (κ1) is 21.8. The fourth-order valence-corrected chi connectivity index (χ4v) is 3.44. The second-order valence-corrected chi connectivity index (χ2v) is 8.78. The van der Waals surface area contributed by atoms with E-state index in [-0.39, 0.29) is 17.4 Å². The van der Waals surface area contributed by atoms with Crippen molar-refractivity contribution in [1.82, 2.24) is 20.2 Å². The molecule has 0 unspecified atom stereocenters. The van der Waals surface area contributed by atoms with E-state index in [2.05, 4.69) is 34.0 Å². The SMILES string of the molecule is CC(C)COc1ccc(-c2nc(-c3ccnc(SCC(C)C)c3)n[nH]2)cc1[N+](=O)[O-]. The minimum Gasteiger partial charge on any atom is -0.487 e. The summed E-state index contributed by atoms with van der Waals surface area (Å²) in [6, 6.07) is 8.59. The summed E-state index contributed by atoms with van der Waals surface area (Å²) in [7, 11) is 0. The van der Waals surface area contributed by atoms with Crippen molar-refractivity contribution in [3.63, 3.8) is 0 Å². The van der Waals surface area contributed by atoms with Crippen LogP contribution in [0, 0.1) is 22.0 Å². The van der Waals surface area contributed by atoms with Crippen LogP contribution in [0.5, 0.6) is 5.75 Å². The van der Waals surface area contributed by atoms with E-state index in [1.54, 1.807) is 30.1 Å². The average molecular weight is 428 g/mol. The third-order valence-electron chi connectivity index (χ3n) is 4.04. The summed E-state index contributed by atoms with van der Waals surface area (Å²) < 4.78 is 5.58. The Morgan fingerprint density at radius 1 is 1.13 bits per heavy atom. The summed E-state index contributed by atoms with van der Waals surface area (Å²) in [5.74, 6) is 3.03. The highest BCUT2D eigenvalue weighted by molar-refractivity contribution is 7.99. The molecule has 0 amide bonds. The zero-order chi connectivity index (χ0) is 21.7. The number of ether oxygens (including phenoxy) is 1. The number of rotatable bonds is 9. The molecule has 3 rings (SSSR count). The molecule has 0 saturated carbocycles. The summed E-state index contributed by atoms with van der Waals surface area (Å²) in [6.45, 7) is 8.71. The highest BCUT2D eigenvalue weighted by Crippen LogP contribution is 2.32. The predicted octanol–water partition coefficient (Wildman–Crippen LogP) is 5.22. The summed E-state index contributed by atoms with van der Waals surface area (Å²) >= 11 is 1.69. The molecule has 9 heteroatoms. The molecule has 30 heavy (non-hydrogen) atoms. The molecule has 3 aromatic rings. The number of pyridine rings is 1. The van der Waals surface area contributed by atoms with Crippen LogP contribution in [0.2, 0.25) is 0 Å². The van der Waals surface area contributed by atoms with Crippen molar-refractivity contribution >= 4 is 17.4 Å². The van der Waals surface area contributed by atoms with Gasteiger partial charge >= 0.3 is 5.69 Å². The van der Waals surface area contributed by atoms with Crippen LogP contribution in [0.4, 0.5) is 5.69 Å². The van der Waals surface area contributed by atoms with E-state index in [1.807, 2.05) is 26.0 Å². The molecule has 1 N–H and O–H groups in total. The van der Waals surface area contributed by atoms with Crippen molar-refractivity contribution < 1.29 is 9.66 Å². The van der Waals surface area contributed by atoms with Gasteiger partial charge in [-0.1, -0.05) is 27.7 Å². The lowest BCUT2D eigenvalue weighted by Gasteiger charge is -2.09. The molecule has 1 aromatic carbocycles. The third-order valence-corrected chi connectivity index (χ3v) is 5.40. The molecule has 0 aliphatic heterocycles. The zero-order valence-corrected chi connectivity index (χ0v) is 18.3. The van der Waals surface area contributed by atoms with Crippen LogP contribution in [-0.4, -0.2) is 37.4 Å². The standard InChI is InChI=1S/C21H25N5O3S/c1-13(2)11-29-18-6-5-15(9-17(18)26(27)28)20-23-21(25-24-20)16-7-8-22-19(10-16)30-12-14(3)4/h5-10,13-14H,11-12H2,1-4H3,(H,23,24,25). The van der Waals surface area contributed by atoms with Gasteiger partial charge in [0.05, 0.1) is 16.6 Å². The topological polar surface area (TPSA) is 107 Å². The van der Waals surface area contributed by atoms with Gasteiger partial charge in [0, 0.05) is 29.1 Å². The van der Waals surface area contributed by atoms with Gasteiger partial charge in [-0.15, -0.1) is 11.8 Å². The fraction of sp³-hybridized carbons (Fsp3) is 0.381. The summed E-state index contributed by atoms with van der Waals surface area (Å²) in [5, 5.41) is 19.6. The highest BCUT2D eigenvalue weighted by atomic mass is 32.2. The number of hydrogen-bond donors (Lipinski definition) is 1. The van der Waals surface area contributed by atoms with Crippen LogP contribution in [0.3, 0.4) is 0 Å². The monoisotopic (exact) mass is 427 g/mol. The van der Waals surface area contributed by atoms with Crippen LogP contribution >= 0.6 is 11.8 Å². The Labute approximate surface area is 179 Å². The van der Waals surface area contributed by atoms with Gasteiger partial charge in [0.25, 0.3) is 0 Å². The van der Waals surface area contributed by atoms with E-state index in [0.717, 1.165) is 16.3 Å². The molecule has 158 valence electrons. The average Bonchev–Trinajstić information content (AvgIpc) is 3.21. The number of H-pyrrole nitrogens is 1. The maximum absolute atomic E-state index is 11.5. The van der Waals surface area contributed by atoms with Crippen LogP contribution < -0.4 is 4.74 Å². The second kappa shape index (κ2) is 9.71. The molecule has 0 fully saturated rings. The lowest BCUT2D eigenvalue weighted by molar-refractivity contribution is -0.385. The largest absolute Gasteiger partial charge is 0.487 e. The van der Waals surface area contributed by atoms with Crippen molar-refractivity contribution in [1.29, 1.82) is 0 Å². The Hall–Kier alpha value is -2.94. The maximum atomic E-state index is 11.5. The number of nitrogens with one attached hydrogen (secondary N) is 1. The van der Waals surface area contributed by atoms with Crippen LogP contribution in [0.25, 0.3) is 22.8 Å². The van der Waals surface area contributed by atoms with Crippen LogP contribution in [-0.2, 0) is 0 Å². The van der Waals surface area contributed by atoms with Crippen LogP contribution in [0.15, 0.2) is 41.6 Å². The first-order valence-corrected chi connectivity index (χ1v) is 10.7. The first-order chi connectivity index (χ1) is 14.3. The summed E-state index contributed by atoms with van der Waals surface area (Å²) in [5.41, 5.74) is 1.31. The van der Waals surface area contributed by atoms with E-state index < -0.39 is 4.92 Å². The Morgan fingerprint density at radius 3 is 2.63 bits per heavy atom. The Kier molecular flexibility index (Phi) is 7.04. The van der Waals surface area contributed by atoms with Gasteiger partial charge in [-0.2, -0.15) is 5.10 Å². The quantitative estimate of drug-likeness (QED) is 0.283. The number of nitrogens with zero attached hydrogens (tertiary/aromatic N) is 4. The van der Waals surface area contributed by atoms with Gasteiger partial charge in [0.15, 0.2) is 17.4 Å². The van der Waals surface area contributed by atoms with Crippen molar-refractivity contribution in [2.75, 3.05) is 12.4 Å². The first-order valence-electron chi connectivity index (χ1n) is 9.76. The van der Waals surface area contributed by atoms with Gasteiger partial charge in [-0.05, 0) is 36.1 Å². The molecule has 2 aromatic heterocycles.